The zero-order chi connectivity index (χ0) is 18.4. The van der Waals surface area contributed by atoms with Crippen LogP contribution >= 0.6 is 0 Å². The maximum atomic E-state index is 12.6. The molecule has 0 bridgehead atoms. The van der Waals surface area contributed by atoms with Gasteiger partial charge in [-0.1, -0.05) is 34.6 Å². The summed E-state index contributed by atoms with van der Waals surface area (Å²) in [4.78, 5) is 19.7. The second-order valence-corrected chi connectivity index (χ2v) is 9.34. The molecule has 0 aromatic heterocycles. The average molecular weight is 352 g/mol. The van der Waals surface area contributed by atoms with Crippen LogP contribution in [0.1, 0.15) is 60.3 Å². The number of rotatable bonds is 7. The Morgan fingerprint density at radius 3 is 2.00 bits per heavy atom. The van der Waals surface area contributed by atoms with Crippen molar-refractivity contribution in [3.8, 4) is 0 Å². The molecule has 4 nitrogen and oxygen atoms in total. The molecule has 0 aliphatic carbocycles. The molecule has 25 heavy (non-hydrogen) atoms. The van der Waals surface area contributed by atoms with Gasteiger partial charge in [-0.15, -0.1) is 0 Å². The SMILES string of the molecule is CC(C)CCCN1CCN(CC(=O)N2CCC(C)(C(C)C)CC2)CC1. The van der Waals surface area contributed by atoms with Crippen LogP contribution in [0.5, 0.6) is 0 Å². The van der Waals surface area contributed by atoms with Crippen LogP contribution in [0, 0.1) is 17.3 Å². The van der Waals surface area contributed by atoms with Gasteiger partial charge >= 0.3 is 0 Å². The van der Waals surface area contributed by atoms with E-state index in [1.807, 2.05) is 0 Å². The molecule has 1 amide bonds. The predicted octanol–water partition coefficient (Wildman–Crippen LogP) is 3.32. The van der Waals surface area contributed by atoms with Gasteiger partial charge in [0, 0.05) is 39.3 Å². The third-order valence-electron chi connectivity index (χ3n) is 6.73. The molecule has 0 unspecified atom stereocenters. The fourth-order valence-corrected chi connectivity index (χ4v) is 4.03. The van der Waals surface area contributed by atoms with Crippen molar-refractivity contribution >= 4 is 5.91 Å². The number of carbonyl (C=O) groups excluding carboxylic acids is 1. The first kappa shape index (κ1) is 20.7. The van der Waals surface area contributed by atoms with Crippen LogP contribution in [-0.2, 0) is 4.79 Å². The summed E-state index contributed by atoms with van der Waals surface area (Å²) in [5, 5.41) is 0. The third-order valence-corrected chi connectivity index (χ3v) is 6.73. The Balaban J connectivity index is 1.66. The van der Waals surface area contributed by atoms with Crippen LogP contribution in [0.25, 0.3) is 0 Å². The summed E-state index contributed by atoms with van der Waals surface area (Å²) in [6, 6.07) is 0. The molecule has 0 atom stereocenters. The van der Waals surface area contributed by atoms with Gasteiger partial charge in [-0.25, -0.2) is 0 Å². The number of hydrogen-bond donors (Lipinski definition) is 0. The summed E-state index contributed by atoms with van der Waals surface area (Å²) in [5.74, 6) is 1.86. The van der Waals surface area contributed by atoms with Gasteiger partial charge in [-0.3, -0.25) is 9.69 Å². The Hall–Kier alpha value is -0.610. The predicted molar refractivity (Wildman–Crippen MR) is 106 cm³/mol. The van der Waals surface area contributed by atoms with Gasteiger partial charge in [0.05, 0.1) is 6.54 Å². The fourth-order valence-electron chi connectivity index (χ4n) is 4.03. The Morgan fingerprint density at radius 1 is 0.920 bits per heavy atom. The molecule has 2 rings (SSSR count). The normalized spacial score (nSPS) is 22.8. The van der Waals surface area contributed by atoms with Gasteiger partial charge in [0.1, 0.15) is 0 Å². The Kier molecular flexibility index (Phi) is 7.75. The maximum absolute atomic E-state index is 12.6. The number of hydrogen-bond acceptors (Lipinski definition) is 3. The molecular weight excluding hydrogens is 310 g/mol. The molecule has 0 saturated carbocycles. The van der Waals surface area contributed by atoms with Gasteiger partial charge in [0.15, 0.2) is 0 Å². The van der Waals surface area contributed by atoms with E-state index in [1.54, 1.807) is 0 Å². The second kappa shape index (κ2) is 9.36. The molecule has 2 saturated heterocycles. The molecule has 146 valence electrons. The van der Waals surface area contributed by atoms with Crippen molar-refractivity contribution in [3.63, 3.8) is 0 Å². The van der Waals surface area contributed by atoms with Crippen LogP contribution in [-0.4, -0.2) is 73.0 Å². The highest BCUT2D eigenvalue weighted by Crippen LogP contribution is 2.37. The van der Waals surface area contributed by atoms with Crippen LogP contribution < -0.4 is 0 Å². The van der Waals surface area contributed by atoms with Crippen molar-refractivity contribution in [2.24, 2.45) is 17.3 Å². The third kappa shape index (κ3) is 6.25. The molecule has 0 radical (unpaired) electrons. The van der Waals surface area contributed by atoms with Crippen molar-refractivity contribution < 1.29 is 4.79 Å². The average Bonchev–Trinajstić information content (AvgIpc) is 2.56. The Morgan fingerprint density at radius 2 is 1.48 bits per heavy atom. The van der Waals surface area contributed by atoms with Gasteiger partial charge in [-0.05, 0) is 49.5 Å². The van der Waals surface area contributed by atoms with Crippen LogP contribution in [0.15, 0.2) is 0 Å². The van der Waals surface area contributed by atoms with E-state index in [9.17, 15) is 4.79 Å². The lowest BCUT2D eigenvalue weighted by Crippen LogP contribution is -2.52. The number of piperidine rings is 1. The van der Waals surface area contributed by atoms with Crippen LogP contribution in [0.2, 0.25) is 0 Å². The van der Waals surface area contributed by atoms with Gasteiger partial charge < -0.3 is 9.80 Å². The number of nitrogens with zero attached hydrogens (tertiary/aromatic N) is 3. The van der Waals surface area contributed by atoms with Crippen LogP contribution in [0.3, 0.4) is 0 Å². The largest absolute Gasteiger partial charge is 0.342 e. The summed E-state index contributed by atoms with van der Waals surface area (Å²) in [5.41, 5.74) is 0.415. The zero-order valence-electron chi connectivity index (χ0n) is 17.4. The standard InChI is InChI=1S/C21H41N3O/c1-18(2)7-6-10-22-13-15-23(16-14-22)17-20(25)24-11-8-21(5,9-12-24)19(3)4/h18-19H,6-17H2,1-5H3. The lowest BCUT2D eigenvalue weighted by Gasteiger charge is -2.43. The number of carbonyl (C=O) groups is 1. The second-order valence-electron chi connectivity index (χ2n) is 9.34. The van der Waals surface area contributed by atoms with E-state index in [-0.39, 0.29) is 0 Å². The highest BCUT2D eigenvalue weighted by Gasteiger charge is 2.34. The minimum absolute atomic E-state index is 0.346. The molecule has 0 spiro atoms. The van der Waals surface area contributed by atoms with Crippen molar-refractivity contribution in [2.45, 2.75) is 60.3 Å². The maximum Gasteiger partial charge on any atom is 0.236 e. The quantitative estimate of drug-likeness (QED) is 0.704. The zero-order valence-corrected chi connectivity index (χ0v) is 17.4. The van der Waals surface area contributed by atoms with E-state index in [0.717, 1.165) is 58.0 Å². The lowest BCUT2D eigenvalue weighted by molar-refractivity contribution is -0.135. The topological polar surface area (TPSA) is 26.8 Å². The van der Waals surface area contributed by atoms with Crippen LogP contribution in [0.4, 0.5) is 0 Å². The molecule has 2 fully saturated rings. The molecule has 0 aromatic rings. The minimum Gasteiger partial charge on any atom is -0.342 e. The number of amides is 1. The van der Waals surface area contributed by atoms with Gasteiger partial charge in [-0.2, -0.15) is 0 Å². The molecular formula is C21H41N3O. The Bertz CT molecular complexity index is 405. The summed E-state index contributed by atoms with van der Waals surface area (Å²) < 4.78 is 0. The van der Waals surface area contributed by atoms with Gasteiger partial charge in [0.25, 0.3) is 0 Å². The fraction of sp³-hybridized carbons (Fsp3) is 0.952. The van der Waals surface area contributed by atoms with E-state index >= 15 is 0 Å². The molecule has 2 aliphatic heterocycles. The number of likely N-dealkylation sites (tertiary alicyclic amines) is 1. The molecule has 4 heteroatoms. The minimum atomic E-state index is 0.346. The monoisotopic (exact) mass is 351 g/mol. The van der Waals surface area contributed by atoms with E-state index in [0.29, 0.717) is 23.8 Å². The Labute approximate surface area is 155 Å². The highest BCUT2D eigenvalue weighted by atomic mass is 16.2. The first-order chi connectivity index (χ1) is 11.8. The summed E-state index contributed by atoms with van der Waals surface area (Å²) >= 11 is 0. The molecule has 0 aromatic carbocycles. The summed E-state index contributed by atoms with van der Waals surface area (Å²) in [7, 11) is 0. The molecule has 2 aliphatic rings. The number of piperazine rings is 1. The first-order valence-corrected chi connectivity index (χ1v) is 10.5. The summed E-state index contributed by atoms with van der Waals surface area (Å²) in [6.07, 6.45) is 4.93. The summed E-state index contributed by atoms with van der Waals surface area (Å²) in [6.45, 7) is 19.7. The first-order valence-electron chi connectivity index (χ1n) is 10.5. The van der Waals surface area contributed by atoms with E-state index in [4.69, 9.17) is 0 Å². The van der Waals surface area contributed by atoms with Crippen molar-refractivity contribution in [2.75, 3.05) is 52.4 Å². The van der Waals surface area contributed by atoms with E-state index < -0.39 is 0 Å². The van der Waals surface area contributed by atoms with Crippen molar-refractivity contribution in [1.82, 2.24) is 14.7 Å². The molecule has 0 N–H and O–H groups in total. The van der Waals surface area contributed by atoms with E-state index in [1.165, 1.54) is 19.4 Å². The van der Waals surface area contributed by atoms with E-state index in [2.05, 4.69) is 49.3 Å². The van der Waals surface area contributed by atoms with Crippen molar-refractivity contribution in [3.05, 3.63) is 0 Å². The van der Waals surface area contributed by atoms with Crippen molar-refractivity contribution in [1.29, 1.82) is 0 Å². The molecule has 2 heterocycles. The lowest BCUT2D eigenvalue weighted by atomic mass is 9.72. The highest BCUT2D eigenvalue weighted by molar-refractivity contribution is 5.78. The van der Waals surface area contributed by atoms with Gasteiger partial charge in [0.2, 0.25) is 5.91 Å². The smallest absolute Gasteiger partial charge is 0.236 e.